The molecule has 1 atom stereocenters. The van der Waals surface area contributed by atoms with Crippen LogP contribution in [0.15, 0.2) is 18.2 Å². The van der Waals surface area contributed by atoms with Gasteiger partial charge in [-0.05, 0) is 30.7 Å². The molecule has 1 N–H and O–H groups in total. The molecular formula is C13H13NO4. The molecule has 1 saturated heterocycles. The first-order valence-electron chi connectivity index (χ1n) is 5.62. The van der Waals surface area contributed by atoms with Crippen molar-refractivity contribution < 1.29 is 19.5 Å². The number of carbonyl (C=O) groups is 3. The summed E-state index contributed by atoms with van der Waals surface area (Å²) < 4.78 is 0. The fraction of sp³-hybridized carbons (Fsp3) is 0.308. The van der Waals surface area contributed by atoms with Crippen molar-refractivity contribution >= 4 is 23.5 Å². The molecule has 2 rings (SSSR count). The molecule has 1 aliphatic rings. The van der Waals surface area contributed by atoms with Crippen molar-refractivity contribution in [1.82, 2.24) is 0 Å². The zero-order valence-corrected chi connectivity index (χ0v) is 10.1. The van der Waals surface area contributed by atoms with Crippen LogP contribution in [0.5, 0.6) is 0 Å². The summed E-state index contributed by atoms with van der Waals surface area (Å²) >= 11 is 0. The predicted octanol–water partition coefficient (Wildman–Crippen LogP) is 1.59. The van der Waals surface area contributed by atoms with E-state index in [-0.39, 0.29) is 29.7 Å². The molecule has 18 heavy (non-hydrogen) atoms. The summed E-state index contributed by atoms with van der Waals surface area (Å²) in [6.07, 6.45) is 0.207. The highest BCUT2D eigenvalue weighted by Gasteiger charge is 2.36. The molecule has 1 unspecified atom stereocenters. The molecule has 2 amide bonds. The average Bonchev–Trinajstić information content (AvgIpc) is 2.52. The minimum Gasteiger partial charge on any atom is -0.478 e. The fourth-order valence-electron chi connectivity index (χ4n) is 2.08. The Bertz CT molecular complexity index is 550. The van der Waals surface area contributed by atoms with Gasteiger partial charge in [0.25, 0.3) is 0 Å². The lowest BCUT2D eigenvalue weighted by Gasteiger charge is -2.15. The molecule has 1 fully saturated rings. The predicted molar refractivity (Wildman–Crippen MR) is 64.4 cm³/mol. The molecule has 1 aliphatic heterocycles. The van der Waals surface area contributed by atoms with Crippen molar-refractivity contribution in [2.45, 2.75) is 20.3 Å². The van der Waals surface area contributed by atoms with Crippen molar-refractivity contribution in [2.75, 3.05) is 4.90 Å². The normalized spacial score (nSPS) is 19.4. The highest BCUT2D eigenvalue weighted by atomic mass is 16.4. The standard InChI is InChI=1S/C13H13NO4/c1-7-5-9(3-4-10(7)13(17)18)14-11(15)6-8(2)12(14)16/h3-5,8H,6H2,1-2H3,(H,17,18). The number of hydrogen-bond acceptors (Lipinski definition) is 3. The van der Waals surface area contributed by atoms with E-state index in [0.29, 0.717) is 11.3 Å². The van der Waals surface area contributed by atoms with Crippen molar-refractivity contribution in [3.05, 3.63) is 29.3 Å². The monoisotopic (exact) mass is 247 g/mol. The first-order valence-corrected chi connectivity index (χ1v) is 5.62. The van der Waals surface area contributed by atoms with Gasteiger partial charge in [-0.25, -0.2) is 4.79 Å². The quantitative estimate of drug-likeness (QED) is 0.805. The molecule has 0 bridgehead atoms. The van der Waals surface area contributed by atoms with E-state index in [0.717, 1.165) is 4.90 Å². The lowest BCUT2D eigenvalue weighted by atomic mass is 10.1. The van der Waals surface area contributed by atoms with Crippen molar-refractivity contribution in [3.8, 4) is 0 Å². The summed E-state index contributed by atoms with van der Waals surface area (Å²) in [7, 11) is 0. The van der Waals surface area contributed by atoms with E-state index >= 15 is 0 Å². The van der Waals surface area contributed by atoms with Crippen LogP contribution in [0, 0.1) is 12.8 Å². The largest absolute Gasteiger partial charge is 0.478 e. The maximum absolute atomic E-state index is 11.8. The van der Waals surface area contributed by atoms with Crippen LogP contribution in [0.4, 0.5) is 5.69 Å². The Morgan fingerprint density at radius 1 is 1.39 bits per heavy atom. The van der Waals surface area contributed by atoms with E-state index in [1.54, 1.807) is 19.9 Å². The van der Waals surface area contributed by atoms with Crippen molar-refractivity contribution in [1.29, 1.82) is 0 Å². The Kier molecular flexibility index (Phi) is 2.90. The number of carboxylic acids is 1. The summed E-state index contributed by atoms with van der Waals surface area (Å²) in [6, 6.07) is 4.46. The maximum atomic E-state index is 11.8. The van der Waals surface area contributed by atoms with Crippen LogP contribution in [-0.2, 0) is 9.59 Å². The first kappa shape index (κ1) is 12.3. The van der Waals surface area contributed by atoms with E-state index in [4.69, 9.17) is 5.11 Å². The van der Waals surface area contributed by atoms with E-state index in [1.807, 2.05) is 0 Å². The second kappa shape index (κ2) is 4.25. The van der Waals surface area contributed by atoms with Gasteiger partial charge in [-0.3, -0.25) is 14.5 Å². The van der Waals surface area contributed by atoms with Crippen LogP contribution in [0.3, 0.4) is 0 Å². The Morgan fingerprint density at radius 2 is 2.06 bits per heavy atom. The van der Waals surface area contributed by atoms with Gasteiger partial charge in [0.15, 0.2) is 0 Å². The molecule has 0 aliphatic carbocycles. The van der Waals surface area contributed by atoms with Crippen molar-refractivity contribution in [2.24, 2.45) is 5.92 Å². The Hall–Kier alpha value is -2.17. The Labute approximate surface area is 104 Å². The van der Waals surface area contributed by atoms with Crippen LogP contribution >= 0.6 is 0 Å². The number of anilines is 1. The number of carboxylic acid groups (broad SMARTS) is 1. The minimum absolute atomic E-state index is 0.172. The van der Waals surface area contributed by atoms with E-state index in [1.165, 1.54) is 12.1 Å². The molecule has 0 saturated carbocycles. The molecule has 0 radical (unpaired) electrons. The van der Waals surface area contributed by atoms with Gasteiger partial charge in [0.05, 0.1) is 11.3 Å². The van der Waals surface area contributed by atoms with Gasteiger partial charge in [-0.1, -0.05) is 6.92 Å². The van der Waals surface area contributed by atoms with Crippen LogP contribution in [0.2, 0.25) is 0 Å². The van der Waals surface area contributed by atoms with E-state index < -0.39 is 5.97 Å². The molecule has 0 spiro atoms. The van der Waals surface area contributed by atoms with Gasteiger partial charge >= 0.3 is 5.97 Å². The molecule has 1 aromatic carbocycles. The molecule has 94 valence electrons. The number of imide groups is 1. The molecule has 5 nitrogen and oxygen atoms in total. The van der Waals surface area contributed by atoms with Crippen molar-refractivity contribution in [3.63, 3.8) is 0 Å². The summed E-state index contributed by atoms with van der Waals surface area (Å²) in [6.45, 7) is 3.35. The summed E-state index contributed by atoms with van der Waals surface area (Å²) in [5.74, 6) is -1.80. The summed E-state index contributed by atoms with van der Waals surface area (Å²) in [4.78, 5) is 35.6. The zero-order valence-electron chi connectivity index (χ0n) is 10.1. The third-order valence-corrected chi connectivity index (χ3v) is 3.07. The zero-order chi connectivity index (χ0) is 13.4. The summed E-state index contributed by atoms with van der Waals surface area (Å²) in [5.41, 5.74) is 1.14. The van der Waals surface area contributed by atoms with Crippen LogP contribution in [0.25, 0.3) is 0 Å². The first-order chi connectivity index (χ1) is 8.41. The maximum Gasteiger partial charge on any atom is 0.335 e. The lowest BCUT2D eigenvalue weighted by molar-refractivity contribution is -0.122. The SMILES string of the molecule is Cc1cc(N2C(=O)CC(C)C2=O)ccc1C(=O)O. The second-order valence-corrected chi connectivity index (χ2v) is 4.48. The van der Waals surface area contributed by atoms with Crippen LogP contribution in [-0.4, -0.2) is 22.9 Å². The smallest absolute Gasteiger partial charge is 0.335 e. The Balaban J connectivity index is 2.41. The summed E-state index contributed by atoms with van der Waals surface area (Å²) in [5, 5.41) is 8.92. The van der Waals surface area contributed by atoms with Gasteiger partial charge in [0, 0.05) is 12.3 Å². The topological polar surface area (TPSA) is 74.7 Å². The number of rotatable bonds is 2. The van der Waals surface area contributed by atoms with Gasteiger partial charge in [0.2, 0.25) is 11.8 Å². The number of hydrogen-bond donors (Lipinski definition) is 1. The third kappa shape index (κ3) is 1.88. The number of amides is 2. The van der Waals surface area contributed by atoms with Crippen LogP contribution in [0.1, 0.15) is 29.3 Å². The fourth-order valence-corrected chi connectivity index (χ4v) is 2.08. The minimum atomic E-state index is -1.02. The number of carbonyl (C=O) groups excluding carboxylic acids is 2. The number of nitrogens with zero attached hydrogens (tertiary/aromatic N) is 1. The lowest BCUT2D eigenvalue weighted by Crippen LogP contribution is -2.30. The average molecular weight is 247 g/mol. The van der Waals surface area contributed by atoms with Gasteiger partial charge in [-0.2, -0.15) is 0 Å². The number of aryl methyl sites for hydroxylation is 1. The van der Waals surface area contributed by atoms with Gasteiger partial charge in [0.1, 0.15) is 0 Å². The Morgan fingerprint density at radius 3 is 2.50 bits per heavy atom. The van der Waals surface area contributed by atoms with Gasteiger partial charge < -0.3 is 5.11 Å². The van der Waals surface area contributed by atoms with Crippen LogP contribution < -0.4 is 4.90 Å². The molecular weight excluding hydrogens is 234 g/mol. The highest BCUT2D eigenvalue weighted by molar-refractivity contribution is 6.20. The third-order valence-electron chi connectivity index (χ3n) is 3.07. The molecule has 1 heterocycles. The molecule has 0 aromatic heterocycles. The molecule has 1 aromatic rings. The highest BCUT2D eigenvalue weighted by Crippen LogP contribution is 2.27. The second-order valence-electron chi connectivity index (χ2n) is 4.48. The van der Waals surface area contributed by atoms with E-state index in [9.17, 15) is 14.4 Å². The van der Waals surface area contributed by atoms with Gasteiger partial charge in [-0.15, -0.1) is 0 Å². The molecule has 5 heteroatoms. The number of benzene rings is 1. The van der Waals surface area contributed by atoms with E-state index in [2.05, 4.69) is 0 Å². The number of aromatic carboxylic acids is 1.